The van der Waals surface area contributed by atoms with E-state index < -0.39 is 29.7 Å². The van der Waals surface area contributed by atoms with E-state index in [0.29, 0.717) is 29.7 Å². The van der Waals surface area contributed by atoms with Crippen LogP contribution in [-0.4, -0.2) is 52.5 Å². The van der Waals surface area contributed by atoms with Crippen LogP contribution in [0.2, 0.25) is 0 Å². The number of guanidine groups is 1. The number of esters is 1. The summed E-state index contributed by atoms with van der Waals surface area (Å²) in [5.41, 5.74) is 12.0. The maximum absolute atomic E-state index is 13.7. The number of Topliss-reactive ketones (excluding diaryl/α,β-unsaturated/α-hetero) is 1. The fraction of sp³-hybridized carbons (Fsp3) is 0.172. The third-order valence-corrected chi connectivity index (χ3v) is 6.29. The predicted molar refractivity (Wildman–Crippen MR) is 148 cm³/mol. The molecule has 0 radical (unpaired) electrons. The summed E-state index contributed by atoms with van der Waals surface area (Å²) in [7, 11) is 0. The smallest absolute Gasteiger partial charge is 0.343 e. The van der Waals surface area contributed by atoms with Gasteiger partial charge in [-0.1, -0.05) is 12.1 Å². The van der Waals surface area contributed by atoms with E-state index in [0.717, 1.165) is 0 Å². The van der Waals surface area contributed by atoms with Gasteiger partial charge in [-0.3, -0.25) is 14.9 Å². The Morgan fingerprint density at radius 3 is 2.57 bits per heavy atom. The van der Waals surface area contributed by atoms with Gasteiger partial charge in [0.2, 0.25) is 0 Å². The zero-order valence-corrected chi connectivity index (χ0v) is 22.0. The number of nitriles is 1. The summed E-state index contributed by atoms with van der Waals surface area (Å²) >= 11 is 0. The molecule has 1 atom stereocenters. The highest BCUT2D eigenvalue weighted by atomic mass is 16.6. The van der Waals surface area contributed by atoms with Crippen LogP contribution >= 0.6 is 0 Å². The molecule has 13 heteroatoms. The van der Waals surface area contributed by atoms with Crippen LogP contribution in [0.3, 0.4) is 0 Å². The van der Waals surface area contributed by atoms with E-state index in [9.17, 15) is 34.7 Å². The van der Waals surface area contributed by atoms with E-state index in [2.05, 4.69) is 10.3 Å². The predicted octanol–water partition coefficient (Wildman–Crippen LogP) is 2.13. The molecular weight excluding hydrogens is 546 g/mol. The summed E-state index contributed by atoms with van der Waals surface area (Å²) in [6.07, 6.45) is 0.722. The van der Waals surface area contributed by atoms with Crippen LogP contribution in [0.1, 0.15) is 54.2 Å². The quantitative estimate of drug-likeness (QED) is 0.0654. The lowest BCUT2D eigenvalue weighted by Gasteiger charge is -2.21. The van der Waals surface area contributed by atoms with Gasteiger partial charge in [0, 0.05) is 6.54 Å². The van der Waals surface area contributed by atoms with Crippen LogP contribution < -0.4 is 26.3 Å². The van der Waals surface area contributed by atoms with Gasteiger partial charge in [-0.05, 0) is 66.4 Å². The van der Waals surface area contributed by atoms with E-state index in [1.54, 1.807) is 12.1 Å². The largest absolute Gasteiger partial charge is 0.489 e. The molecule has 3 aromatic rings. The molecule has 42 heavy (non-hydrogen) atoms. The van der Waals surface area contributed by atoms with Gasteiger partial charge in [0.15, 0.2) is 29.3 Å². The van der Waals surface area contributed by atoms with Gasteiger partial charge in [0.1, 0.15) is 6.07 Å². The molecule has 7 N–H and O–H groups in total. The van der Waals surface area contributed by atoms with E-state index >= 15 is 0 Å². The molecule has 1 aliphatic rings. The van der Waals surface area contributed by atoms with Crippen LogP contribution in [0.4, 0.5) is 5.69 Å². The molecule has 3 aromatic carbocycles. The van der Waals surface area contributed by atoms with Gasteiger partial charge in [-0.25, -0.2) is 14.6 Å². The third kappa shape index (κ3) is 6.52. The summed E-state index contributed by atoms with van der Waals surface area (Å²) in [4.78, 5) is 54.3. The number of aliphatic carboxylic acids is 1. The lowest BCUT2D eigenvalue weighted by molar-refractivity contribution is -0.138. The number of hydrogen-bond donors (Lipinski definition) is 5. The SMILES string of the molecule is N#Cc1ccc2c(c1C(=O)C(NCc1cccc(C(=O)O)c1)C(=O)O)OCCCc1cc(N=C(N)N)ccc1C(=O)O2. The first-order chi connectivity index (χ1) is 20.1. The van der Waals surface area contributed by atoms with Gasteiger partial charge in [0.05, 0.1) is 34.5 Å². The van der Waals surface area contributed by atoms with Crippen molar-refractivity contribution in [3.05, 3.63) is 88.0 Å². The van der Waals surface area contributed by atoms with Gasteiger partial charge in [-0.2, -0.15) is 5.26 Å². The molecule has 0 bridgehead atoms. The first-order valence-corrected chi connectivity index (χ1v) is 12.6. The molecule has 0 aliphatic carbocycles. The standard InChI is InChI=1S/C29H25N5O8/c30-13-18-6-9-21-25(41-10-2-5-16-12-19(34-29(31)32)7-8-20(16)28(40)42-21)22(18)24(35)23(27(38)39)33-14-15-3-1-4-17(11-15)26(36)37/h1,3-4,6-9,11-12,23,33H,2,5,10,14H2,(H,36,37)(H,38,39)(H4,31,32,34). The Balaban J connectivity index is 1.69. The van der Waals surface area contributed by atoms with Crippen LogP contribution in [0, 0.1) is 11.3 Å². The molecule has 4 rings (SSSR count). The second kappa shape index (κ2) is 12.6. The molecule has 1 unspecified atom stereocenters. The zero-order chi connectivity index (χ0) is 30.4. The van der Waals surface area contributed by atoms with Crippen molar-refractivity contribution in [1.29, 1.82) is 5.26 Å². The fourth-order valence-corrected chi connectivity index (χ4v) is 4.39. The number of aryl methyl sites for hydroxylation is 1. The van der Waals surface area contributed by atoms with Gasteiger partial charge < -0.3 is 31.2 Å². The minimum atomic E-state index is -1.85. The second-order valence-electron chi connectivity index (χ2n) is 9.17. The molecular formula is C29H25N5O8. The number of rotatable bonds is 8. The number of fused-ring (bicyclic) bond motifs is 2. The average molecular weight is 572 g/mol. The number of carbonyl (C=O) groups excluding carboxylic acids is 2. The number of hydrogen-bond acceptors (Lipinski definition) is 9. The zero-order valence-electron chi connectivity index (χ0n) is 22.0. The second-order valence-corrected chi connectivity index (χ2v) is 9.17. The third-order valence-electron chi connectivity index (χ3n) is 6.29. The first kappa shape index (κ1) is 29.2. The molecule has 1 heterocycles. The maximum atomic E-state index is 13.7. The minimum absolute atomic E-state index is 0.0139. The number of nitrogens with one attached hydrogen (secondary N) is 1. The Bertz CT molecular complexity index is 1660. The van der Waals surface area contributed by atoms with Crippen LogP contribution in [0.25, 0.3) is 0 Å². The fourth-order valence-electron chi connectivity index (χ4n) is 4.39. The van der Waals surface area contributed by atoms with E-state index in [4.69, 9.17) is 20.9 Å². The maximum Gasteiger partial charge on any atom is 0.343 e. The average Bonchev–Trinajstić information content (AvgIpc) is 2.95. The summed E-state index contributed by atoms with van der Waals surface area (Å²) in [5, 5.41) is 31.5. The van der Waals surface area contributed by atoms with Crippen LogP contribution in [0.5, 0.6) is 11.5 Å². The molecule has 0 spiro atoms. The number of carboxylic acids is 2. The van der Waals surface area contributed by atoms with Crippen molar-refractivity contribution in [3.8, 4) is 17.6 Å². The number of aliphatic imine (C=N–C) groups is 1. The van der Waals surface area contributed by atoms with Crippen molar-refractivity contribution < 1.29 is 38.9 Å². The highest BCUT2D eigenvalue weighted by Gasteiger charge is 2.34. The van der Waals surface area contributed by atoms with E-state index in [-0.39, 0.29) is 52.9 Å². The Labute approximate surface area is 239 Å². The van der Waals surface area contributed by atoms with Gasteiger partial charge in [0.25, 0.3) is 0 Å². The topological polar surface area (TPSA) is 227 Å². The number of carbonyl (C=O) groups is 4. The lowest BCUT2D eigenvalue weighted by atomic mass is 9.96. The van der Waals surface area contributed by atoms with Gasteiger partial charge in [-0.15, -0.1) is 0 Å². The van der Waals surface area contributed by atoms with E-state index in [1.807, 2.05) is 6.07 Å². The summed E-state index contributed by atoms with van der Waals surface area (Å²) in [6, 6.07) is 13.0. The van der Waals surface area contributed by atoms with E-state index in [1.165, 1.54) is 42.5 Å². The van der Waals surface area contributed by atoms with Crippen molar-refractivity contribution >= 4 is 35.3 Å². The summed E-state index contributed by atoms with van der Waals surface area (Å²) in [6.45, 7) is -0.145. The van der Waals surface area contributed by atoms with Crippen LogP contribution in [0.15, 0.2) is 59.6 Å². The summed E-state index contributed by atoms with van der Waals surface area (Å²) in [5.74, 6) is -5.07. The number of carboxylic acid groups (broad SMARTS) is 2. The number of nitrogens with two attached hydrogens (primary N) is 2. The van der Waals surface area contributed by atoms with Crippen molar-refractivity contribution in [1.82, 2.24) is 5.32 Å². The van der Waals surface area contributed by atoms with Gasteiger partial charge >= 0.3 is 17.9 Å². The van der Waals surface area contributed by atoms with Crippen molar-refractivity contribution in [2.45, 2.75) is 25.4 Å². The number of nitrogens with zero attached hydrogens (tertiary/aromatic N) is 2. The minimum Gasteiger partial charge on any atom is -0.489 e. The highest BCUT2D eigenvalue weighted by Crippen LogP contribution is 2.36. The molecule has 0 amide bonds. The molecule has 0 saturated carbocycles. The normalized spacial score (nSPS) is 13.2. The monoisotopic (exact) mass is 571 g/mol. The van der Waals surface area contributed by atoms with Crippen LogP contribution in [-0.2, 0) is 17.8 Å². The molecule has 13 nitrogen and oxygen atoms in total. The van der Waals surface area contributed by atoms with Crippen molar-refractivity contribution in [2.24, 2.45) is 16.5 Å². The number of ether oxygens (including phenoxy) is 2. The molecule has 0 saturated heterocycles. The Morgan fingerprint density at radius 2 is 1.88 bits per heavy atom. The molecule has 1 aliphatic heterocycles. The first-order valence-electron chi connectivity index (χ1n) is 12.6. The lowest BCUT2D eigenvalue weighted by Crippen LogP contribution is -2.43. The van der Waals surface area contributed by atoms with Crippen molar-refractivity contribution in [3.63, 3.8) is 0 Å². The number of benzene rings is 3. The Morgan fingerprint density at radius 1 is 1.10 bits per heavy atom. The highest BCUT2D eigenvalue weighted by molar-refractivity contribution is 6.14. The summed E-state index contributed by atoms with van der Waals surface area (Å²) < 4.78 is 11.4. The van der Waals surface area contributed by atoms with Crippen molar-refractivity contribution in [2.75, 3.05) is 6.61 Å². The number of ketones is 1. The Hall–Kier alpha value is -5.74. The Kier molecular flexibility index (Phi) is 8.79. The molecule has 0 aromatic heterocycles. The number of aromatic carboxylic acids is 1. The molecule has 0 fully saturated rings. The molecule has 214 valence electrons.